The number of aromatic nitrogens is 3. The fourth-order valence-electron chi connectivity index (χ4n) is 3.85. The second-order valence-corrected chi connectivity index (χ2v) is 8.04. The molecule has 2 aromatic heterocycles. The normalized spacial score (nSPS) is 11.4. The van der Waals surface area contributed by atoms with Crippen molar-refractivity contribution in [3.05, 3.63) is 111 Å². The molecule has 0 bridgehead atoms. The summed E-state index contributed by atoms with van der Waals surface area (Å²) in [5, 5.41) is 2.25. The number of para-hydroxylation sites is 1. The van der Waals surface area contributed by atoms with Crippen molar-refractivity contribution in [1.29, 1.82) is 0 Å². The van der Waals surface area contributed by atoms with Crippen molar-refractivity contribution in [1.82, 2.24) is 14.1 Å². The van der Waals surface area contributed by atoms with Crippen LogP contribution in [0, 0.1) is 0 Å². The fraction of sp³-hybridized carbons (Fsp3) is 0.0833. The van der Waals surface area contributed by atoms with E-state index in [0.29, 0.717) is 34.2 Å². The van der Waals surface area contributed by atoms with Crippen LogP contribution in [0.25, 0.3) is 21.9 Å². The predicted octanol–water partition coefficient (Wildman–Crippen LogP) is 5.75. The highest BCUT2D eigenvalue weighted by molar-refractivity contribution is 6.31. The van der Waals surface area contributed by atoms with Gasteiger partial charge in [0.15, 0.2) is 0 Å². The molecular formula is C24H17Cl2N3O. The second kappa shape index (κ2) is 7.63. The minimum Gasteiger partial charge on any atom is -0.330 e. The van der Waals surface area contributed by atoms with Crippen molar-refractivity contribution in [2.75, 3.05) is 0 Å². The van der Waals surface area contributed by atoms with Crippen LogP contribution in [-0.2, 0) is 13.1 Å². The Morgan fingerprint density at radius 2 is 1.67 bits per heavy atom. The number of hydrogen-bond acceptors (Lipinski definition) is 2. The summed E-state index contributed by atoms with van der Waals surface area (Å²) in [5.41, 5.74) is 4.04. The highest BCUT2D eigenvalue weighted by Crippen LogP contribution is 2.27. The monoisotopic (exact) mass is 433 g/mol. The summed E-state index contributed by atoms with van der Waals surface area (Å²) in [4.78, 5) is 18.2. The number of rotatable bonds is 4. The summed E-state index contributed by atoms with van der Waals surface area (Å²) in [7, 11) is 0. The lowest BCUT2D eigenvalue weighted by molar-refractivity contribution is 0.738. The van der Waals surface area contributed by atoms with Crippen LogP contribution in [-0.4, -0.2) is 14.1 Å². The molecule has 4 nitrogen and oxygen atoms in total. The molecule has 3 aromatic carbocycles. The van der Waals surface area contributed by atoms with Gasteiger partial charge in [-0.3, -0.25) is 9.36 Å². The van der Waals surface area contributed by atoms with E-state index < -0.39 is 0 Å². The summed E-state index contributed by atoms with van der Waals surface area (Å²) in [5.74, 6) is 0. The van der Waals surface area contributed by atoms with Gasteiger partial charge in [-0.1, -0.05) is 71.7 Å². The average Bonchev–Trinajstić information content (AvgIpc) is 3.06. The largest absolute Gasteiger partial charge is 0.330 e. The Morgan fingerprint density at radius 1 is 0.867 bits per heavy atom. The summed E-state index contributed by atoms with van der Waals surface area (Å²) in [6, 6.07) is 23.1. The SMILES string of the molecule is O=c1c2c(ncn1Cc1ccccc1Cl)c1ccccc1n2Cc1cccc(Cl)c1. The molecule has 0 spiro atoms. The molecule has 0 aliphatic heterocycles. The van der Waals surface area contributed by atoms with E-state index in [1.165, 1.54) is 0 Å². The van der Waals surface area contributed by atoms with Gasteiger partial charge in [-0.25, -0.2) is 4.98 Å². The maximum atomic E-state index is 13.5. The van der Waals surface area contributed by atoms with Crippen LogP contribution in [0.5, 0.6) is 0 Å². The third-order valence-corrected chi connectivity index (χ3v) is 5.87. The van der Waals surface area contributed by atoms with E-state index in [4.69, 9.17) is 23.2 Å². The standard InChI is InChI=1S/C24H17Cl2N3O/c25-18-8-5-6-16(12-18)13-29-21-11-4-2-9-19(21)22-23(29)24(30)28(15-27-22)14-17-7-1-3-10-20(17)26/h1-12,15H,13-14H2. The van der Waals surface area contributed by atoms with Crippen molar-refractivity contribution in [2.45, 2.75) is 13.1 Å². The molecule has 0 saturated heterocycles. The summed E-state index contributed by atoms with van der Waals surface area (Å²) in [6.07, 6.45) is 1.60. The highest BCUT2D eigenvalue weighted by atomic mass is 35.5. The number of hydrogen-bond donors (Lipinski definition) is 0. The predicted molar refractivity (Wildman–Crippen MR) is 123 cm³/mol. The zero-order valence-corrected chi connectivity index (χ0v) is 17.4. The Labute approximate surface area is 182 Å². The number of nitrogens with zero attached hydrogens (tertiary/aromatic N) is 3. The van der Waals surface area contributed by atoms with Crippen LogP contribution in [0.15, 0.2) is 83.9 Å². The van der Waals surface area contributed by atoms with Gasteiger partial charge in [0.2, 0.25) is 0 Å². The van der Waals surface area contributed by atoms with E-state index in [-0.39, 0.29) is 5.56 Å². The molecule has 0 radical (unpaired) electrons. The Balaban J connectivity index is 1.72. The first-order chi connectivity index (χ1) is 14.6. The molecular weight excluding hydrogens is 417 g/mol. The van der Waals surface area contributed by atoms with Crippen LogP contribution in [0.2, 0.25) is 10.0 Å². The molecule has 30 heavy (non-hydrogen) atoms. The number of benzene rings is 3. The van der Waals surface area contributed by atoms with Gasteiger partial charge in [0, 0.05) is 22.0 Å². The minimum absolute atomic E-state index is 0.0989. The third-order valence-electron chi connectivity index (χ3n) is 5.26. The van der Waals surface area contributed by atoms with Crippen molar-refractivity contribution in [3.63, 3.8) is 0 Å². The van der Waals surface area contributed by atoms with Crippen LogP contribution in [0.1, 0.15) is 11.1 Å². The van der Waals surface area contributed by atoms with E-state index in [2.05, 4.69) is 4.98 Å². The van der Waals surface area contributed by atoms with Crippen molar-refractivity contribution in [2.24, 2.45) is 0 Å². The second-order valence-electron chi connectivity index (χ2n) is 7.20. The van der Waals surface area contributed by atoms with E-state index in [1.807, 2.05) is 77.4 Å². The first kappa shape index (κ1) is 18.9. The van der Waals surface area contributed by atoms with Crippen LogP contribution < -0.4 is 5.56 Å². The first-order valence-corrected chi connectivity index (χ1v) is 10.3. The Hall–Kier alpha value is -3.08. The Morgan fingerprint density at radius 3 is 2.50 bits per heavy atom. The molecule has 5 rings (SSSR count). The highest BCUT2D eigenvalue weighted by Gasteiger charge is 2.17. The molecule has 2 heterocycles. The van der Waals surface area contributed by atoms with Gasteiger partial charge in [-0.15, -0.1) is 0 Å². The molecule has 0 saturated carbocycles. The molecule has 0 N–H and O–H groups in total. The fourth-order valence-corrected chi connectivity index (χ4v) is 4.26. The van der Waals surface area contributed by atoms with Gasteiger partial charge in [0.1, 0.15) is 11.0 Å². The van der Waals surface area contributed by atoms with Crippen molar-refractivity contribution in [3.8, 4) is 0 Å². The zero-order valence-electron chi connectivity index (χ0n) is 15.9. The quantitative estimate of drug-likeness (QED) is 0.361. The van der Waals surface area contributed by atoms with Gasteiger partial charge in [0.25, 0.3) is 5.56 Å². The van der Waals surface area contributed by atoms with Crippen LogP contribution in [0.4, 0.5) is 0 Å². The van der Waals surface area contributed by atoms with Gasteiger partial charge in [-0.05, 0) is 35.4 Å². The maximum absolute atomic E-state index is 13.5. The Bertz CT molecular complexity index is 1450. The third kappa shape index (κ3) is 3.28. The van der Waals surface area contributed by atoms with Gasteiger partial charge < -0.3 is 4.57 Å². The van der Waals surface area contributed by atoms with E-state index in [9.17, 15) is 4.79 Å². The molecule has 6 heteroatoms. The smallest absolute Gasteiger partial charge is 0.278 e. The molecule has 0 aliphatic carbocycles. The van der Waals surface area contributed by atoms with Gasteiger partial charge in [-0.2, -0.15) is 0 Å². The van der Waals surface area contributed by atoms with Gasteiger partial charge >= 0.3 is 0 Å². The van der Waals surface area contributed by atoms with E-state index in [0.717, 1.165) is 22.0 Å². The van der Waals surface area contributed by atoms with Crippen LogP contribution in [0.3, 0.4) is 0 Å². The van der Waals surface area contributed by atoms with Crippen LogP contribution >= 0.6 is 23.2 Å². The van der Waals surface area contributed by atoms with E-state index >= 15 is 0 Å². The summed E-state index contributed by atoms with van der Waals surface area (Å²) in [6.45, 7) is 0.887. The number of fused-ring (bicyclic) bond motifs is 3. The maximum Gasteiger partial charge on any atom is 0.278 e. The lowest BCUT2D eigenvalue weighted by atomic mass is 10.2. The topological polar surface area (TPSA) is 39.8 Å². The molecule has 0 fully saturated rings. The Kier molecular flexibility index (Phi) is 4.81. The van der Waals surface area contributed by atoms with Crippen molar-refractivity contribution >= 4 is 45.1 Å². The van der Waals surface area contributed by atoms with Gasteiger partial charge in [0.05, 0.1) is 18.4 Å². The summed E-state index contributed by atoms with van der Waals surface area (Å²) < 4.78 is 3.63. The lowest BCUT2D eigenvalue weighted by Crippen LogP contribution is -2.23. The molecule has 0 unspecified atom stereocenters. The summed E-state index contributed by atoms with van der Waals surface area (Å²) >= 11 is 12.5. The molecule has 0 amide bonds. The molecule has 0 aliphatic rings. The molecule has 148 valence electrons. The van der Waals surface area contributed by atoms with E-state index in [1.54, 1.807) is 10.9 Å². The van der Waals surface area contributed by atoms with Crippen molar-refractivity contribution < 1.29 is 0 Å². The molecule has 5 aromatic rings. The number of halogens is 2. The zero-order chi connectivity index (χ0) is 20.7. The molecule has 0 atom stereocenters. The average molecular weight is 434 g/mol. The first-order valence-electron chi connectivity index (χ1n) is 9.56. The lowest BCUT2D eigenvalue weighted by Gasteiger charge is -2.10. The minimum atomic E-state index is -0.0989.